The Kier molecular flexibility index (Phi) is 6.15. The van der Waals surface area contributed by atoms with Crippen molar-refractivity contribution >= 4 is 0 Å². The summed E-state index contributed by atoms with van der Waals surface area (Å²) in [6.45, 7) is 5.04. The molecule has 0 atom stereocenters. The van der Waals surface area contributed by atoms with Crippen molar-refractivity contribution in [1.82, 2.24) is 19.4 Å². The number of alkyl halides is 3. The molecule has 3 aromatic rings. The number of imidazole rings is 1. The minimum Gasteiger partial charge on any atom is -0.379 e. The summed E-state index contributed by atoms with van der Waals surface area (Å²) in [5.41, 5.74) is 2.49. The van der Waals surface area contributed by atoms with Crippen molar-refractivity contribution < 1.29 is 17.9 Å². The van der Waals surface area contributed by atoms with Crippen LogP contribution in [-0.4, -0.2) is 52.3 Å². The van der Waals surface area contributed by atoms with Gasteiger partial charge in [0.15, 0.2) is 0 Å². The molecular weight excluding hydrogens is 393 g/mol. The van der Waals surface area contributed by atoms with Crippen LogP contribution in [0.2, 0.25) is 0 Å². The van der Waals surface area contributed by atoms with Crippen molar-refractivity contribution in [2.45, 2.75) is 19.1 Å². The first-order chi connectivity index (χ1) is 14.5. The second kappa shape index (κ2) is 8.97. The average molecular weight is 416 g/mol. The summed E-state index contributed by atoms with van der Waals surface area (Å²) in [5, 5.41) is 0. The number of morpholine rings is 1. The number of hydrogen-bond acceptors (Lipinski definition) is 4. The van der Waals surface area contributed by atoms with Gasteiger partial charge >= 0.3 is 6.18 Å². The summed E-state index contributed by atoms with van der Waals surface area (Å²) < 4.78 is 46.4. The van der Waals surface area contributed by atoms with Gasteiger partial charge in [-0.15, -0.1) is 0 Å². The average Bonchev–Trinajstić information content (AvgIpc) is 3.18. The van der Waals surface area contributed by atoms with Crippen LogP contribution in [0.1, 0.15) is 12.0 Å². The highest BCUT2D eigenvalue weighted by Crippen LogP contribution is 2.34. The molecule has 1 saturated heterocycles. The molecule has 30 heavy (non-hydrogen) atoms. The van der Waals surface area contributed by atoms with Gasteiger partial charge in [-0.05, 0) is 30.7 Å². The summed E-state index contributed by atoms with van der Waals surface area (Å²) in [5.74, 6) is 0. The zero-order valence-corrected chi connectivity index (χ0v) is 16.5. The SMILES string of the molecule is FC(F)(F)c1ccc(-c2c(-c3ccncc3)ncn2CCCN2CCOCC2)cc1. The summed E-state index contributed by atoms with van der Waals surface area (Å²) in [6, 6.07) is 8.99. The van der Waals surface area contributed by atoms with E-state index in [1.54, 1.807) is 18.7 Å². The van der Waals surface area contributed by atoms with Crippen LogP contribution in [0.15, 0.2) is 55.1 Å². The third kappa shape index (κ3) is 4.71. The third-order valence-corrected chi connectivity index (χ3v) is 5.25. The van der Waals surface area contributed by atoms with Crippen LogP contribution in [0.4, 0.5) is 13.2 Å². The first kappa shape index (κ1) is 20.6. The molecule has 0 saturated carbocycles. The Labute approximate surface area is 173 Å². The fraction of sp³-hybridized carbons (Fsp3) is 0.364. The Morgan fingerprint density at radius 3 is 2.27 bits per heavy atom. The van der Waals surface area contributed by atoms with Crippen LogP contribution in [0.25, 0.3) is 22.5 Å². The lowest BCUT2D eigenvalue weighted by Gasteiger charge is -2.26. The lowest BCUT2D eigenvalue weighted by molar-refractivity contribution is -0.137. The van der Waals surface area contributed by atoms with Crippen molar-refractivity contribution in [3.05, 3.63) is 60.7 Å². The van der Waals surface area contributed by atoms with Gasteiger partial charge in [-0.2, -0.15) is 13.2 Å². The normalized spacial score (nSPS) is 15.4. The number of pyridine rings is 1. The zero-order chi connectivity index (χ0) is 21.0. The minimum atomic E-state index is -4.36. The second-order valence-corrected chi connectivity index (χ2v) is 7.25. The largest absolute Gasteiger partial charge is 0.416 e. The second-order valence-electron chi connectivity index (χ2n) is 7.25. The first-order valence-corrected chi connectivity index (χ1v) is 9.95. The Hall–Kier alpha value is -2.71. The van der Waals surface area contributed by atoms with Crippen molar-refractivity contribution in [3.63, 3.8) is 0 Å². The Bertz CT molecular complexity index is 949. The number of halogens is 3. The molecule has 1 fully saturated rings. The molecule has 1 aliphatic heterocycles. The third-order valence-electron chi connectivity index (χ3n) is 5.25. The topological polar surface area (TPSA) is 43.2 Å². The number of aryl methyl sites for hydroxylation is 1. The molecule has 2 aromatic heterocycles. The molecule has 5 nitrogen and oxygen atoms in total. The highest BCUT2D eigenvalue weighted by molar-refractivity contribution is 5.78. The van der Waals surface area contributed by atoms with Crippen LogP contribution in [0, 0.1) is 0 Å². The maximum Gasteiger partial charge on any atom is 0.416 e. The minimum absolute atomic E-state index is 0.657. The van der Waals surface area contributed by atoms with Gasteiger partial charge in [-0.25, -0.2) is 4.98 Å². The Balaban J connectivity index is 1.61. The fourth-order valence-corrected chi connectivity index (χ4v) is 3.68. The molecule has 1 aliphatic rings. The van der Waals surface area contributed by atoms with Crippen molar-refractivity contribution in [2.75, 3.05) is 32.8 Å². The van der Waals surface area contributed by atoms with E-state index in [1.807, 2.05) is 16.7 Å². The van der Waals surface area contributed by atoms with E-state index in [4.69, 9.17) is 4.74 Å². The van der Waals surface area contributed by atoms with E-state index in [0.717, 1.165) is 74.9 Å². The van der Waals surface area contributed by atoms with Crippen molar-refractivity contribution in [3.8, 4) is 22.5 Å². The predicted octanol–water partition coefficient (Wildman–Crippen LogP) is 4.35. The molecule has 8 heteroatoms. The van der Waals surface area contributed by atoms with Gasteiger partial charge in [0.25, 0.3) is 0 Å². The van der Waals surface area contributed by atoms with Crippen LogP contribution >= 0.6 is 0 Å². The van der Waals surface area contributed by atoms with Crippen molar-refractivity contribution in [1.29, 1.82) is 0 Å². The van der Waals surface area contributed by atoms with Gasteiger partial charge in [0.2, 0.25) is 0 Å². The number of hydrogen-bond donors (Lipinski definition) is 0. The van der Waals surface area contributed by atoms with Gasteiger partial charge in [-0.1, -0.05) is 12.1 Å². The number of rotatable bonds is 6. The van der Waals surface area contributed by atoms with Gasteiger partial charge in [0.05, 0.1) is 36.5 Å². The van der Waals surface area contributed by atoms with Gasteiger partial charge in [0.1, 0.15) is 0 Å². The molecule has 0 aliphatic carbocycles. The highest BCUT2D eigenvalue weighted by atomic mass is 19.4. The van der Waals surface area contributed by atoms with E-state index in [0.29, 0.717) is 5.56 Å². The number of benzene rings is 1. The predicted molar refractivity (Wildman–Crippen MR) is 108 cm³/mol. The summed E-state index contributed by atoms with van der Waals surface area (Å²) in [7, 11) is 0. The smallest absolute Gasteiger partial charge is 0.379 e. The Morgan fingerprint density at radius 2 is 1.60 bits per heavy atom. The maximum absolute atomic E-state index is 13.0. The van der Waals surface area contributed by atoms with Crippen LogP contribution in [0.3, 0.4) is 0 Å². The number of ether oxygens (including phenoxy) is 1. The van der Waals surface area contributed by atoms with Crippen LogP contribution in [0.5, 0.6) is 0 Å². The molecule has 0 spiro atoms. The van der Waals surface area contributed by atoms with Gasteiger partial charge in [0, 0.05) is 49.7 Å². The lowest BCUT2D eigenvalue weighted by atomic mass is 10.0. The van der Waals surface area contributed by atoms with E-state index in [-0.39, 0.29) is 0 Å². The monoisotopic (exact) mass is 416 g/mol. The van der Waals surface area contributed by atoms with E-state index < -0.39 is 11.7 Å². The summed E-state index contributed by atoms with van der Waals surface area (Å²) in [6.07, 6.45) is 1.69. The summed E-state index contributed by atoms with van der Waals surface area (Å²) >= 11 is 0. The molecule has 0 radical (unpaired) electrons. The molecule has 0 N–H and O–H groups in total. The molecule has 1 aromatic carbocycles. The zero-order valence-electron chi connectivity index (χ0n) is 16.5. The van der Waals surface area contributed by atoms with Crippen LogP contribution in [-0.2, 0) is 17.5 Å². The number of nitrogens with zero attached hydrogens (tertiary/aromatic N) is 4. The van der Waals surface area contributed by atoms with Gasteiger partial charge in [-0.3, -0.25) is 9.88 Å². The van der Waals surface area contributed by atoms with Crippen LogP contribution < -0.4 is 0 Å². The first-order valence-electron chi connectivity index (χ1n) is 9.95. The van der Waals surface area contributed by atoms with E-state index in [2.05, 4.69) is 14.9 Å². The molecule has 4 rings (SSSR count). The van der Waals surface area contributed by atoms with E-state index >= 15 is 0 Å². The fourth-order valence-electron chi connectivity index (χ4n) is 3.68. The van der Waals surface area contributed by atoms with Crippen molar-refractivity contribution in [2.24, 2.45) is 0 Å². The molecule has 0 amide bonds. The Morgan fingerprint density at radius 1 is 0.900 bits per heavy atom. The highest BCUT2D eigenvalue weighted by Gasteiger charge is 2.30. The molecule has 3 heterocycles. The maximum atomic E-state index is 13.0. The number of aromatic nitrogens is 3. The molecule has 0 bridgehead atoms. The van der Waals surface area contributed by atoms with E-state index in [9.17, 15) is 13.2 Å². The molecule has 0 unspecified atom stereocenters. The lowest BCUT2D eigenvalue weighted by Crippen LogP contribution is -2.37. The standard InChI is InChI=1S/C22H23F3N4O/c23-22(24,25)19-4-2-18(3-5-19)21-20(17-6-8-26-9-7-17)27-16-29(21)11-1-10-28-12-14-30-15-13-28/h2-9,16H,1,10-15H2. The quantitative estimate of drug-likeness (QED) is 0.599. The molecular formula is C22H23F3N4O. The molecule has 158 valence electrons. The summed E-state index contributed by atoms with van der Waals surface area (Å²) in [4.78, 5) is 11.0. The van der Waals surface area contributed by atoms with Gasteiger partial charge < -0.3 is 9.30 Å². The van der Waals surface area contributed by atoms with E-state index in [1.165, 1.54) is 12.1 Å².